The van der Waals surface area contributed by atoms with Gasteiger partial charge in [0.1, 0.15) is 18.7 Å². The van der Waals surface area contributed by atoms with Crippen LogP contribution in [0.3, 0.4) is 0 Å². The van der Waals surface area contributed by atoms with Gasteiger partial charge < -0.3 is 5.32 Å². The number of rotatable bonds is 4. The smallest absolute Gasteiger partial charge is 0.198 e. The van der Waals surface area contributed by atoms with Crippen LogP contribution in [-0.2, 0) is 6.54 Å². The van der Waals surface area contributed by atoms with Crippen LogP contribution in [0.4, 0.5) is 5.82 Å². The molecule has 0 bridgehead atoms. The highest BCUT2D eigenvalue weighted by Gasteiger charge is 2.11. The van der Waals surface area contributed by atoms with Gasteiger partial charge >= 0.3 is 0 Å². The zero-order valence-electron chi connectivity index (χ0n) is 12.6. The maximum atomic E-state index is 5.95. The molecule has 2 N–H and O–H groups in total. The molecule has 0 saturated heterocycles. The largest absolute Gasteiger partial charge is 0.359 e. The van der Waals surface area contributed by atoms with Gasteiger partial charge in [0.2, 0.25) is 0 Å². The summed E-state index contributed by atoms with van der Waals surface area (Å²) >= 11 is 5.95. The minimum atomic E-state index is 0.638. The Morgan fingerprint density at radius 1 is 1.08 bits per heavy atom. The van der Waals surface area contributed by atoms with E-state index in [2.05, 4.69) is 25.4 Å². The Morgan fingerprint density at radius 2 is 1.96 bits per heavy atom. The molecule has 4 rings (SSSR count). The lowest BCUT2D eigenvalue weighted by Crippen LogP contribution is -2.14. The Kier molecular flexibility index (Phi) is 3.80. The molecule has 6 nitrogen and oxygen atoms in total. The molecule has 1 aromatic carbocycles. The van der Waals surface area contributed by atoms with E-state index in [0.29, 0.717) is 11.6 Å². The van der Waals surface area contributed by atoms with Gasteiger partial charge in [0.25, 0.3) is 0 Å². The third-order valence-electron chi connectivity index (χ3n) is 3.66. The summed E-state index contributed by atoms with van der Waals surface area (Å²) < 4.78 is 1.77. The molecule has 0 aliphatic heterocycles. The number of hydrogen-bond acceptors (Lipinski definition) is 4. The number of nitrogens with one attached hydrogen (secondary N) is 2. The average molecular weight is 338 g/mol. The van der Waals surface area contributed by atoms with Gasteiger partial charge in [-0.1, -0.05) is 17.7 Å². The molecule has 0 atom stereocenters. The molecule has 118 valence electrons. The van der Waals surface area contributed by atoms with E-state index in [-0.39, 0.29) is 0 Å². The number of aromatic nitrogens is 5. The first-order valence-electron chi connectivity index (χ1n) is 7.45. The van der Waals surface area contributed by atoms with E-state index in [0.717, 1.165) is 28.2 Å². The summed E-state index contributed by atoms with van der Waals surface area (Å²) in [6.07, 6.45) is 5.19. The first-order valence-corrected chi connectivity index (χ1v) is 7.83. The van der Waals surface area contributed by atoms with Crippen molar-refractivity contribution in [2.45, 2.75) is 6.54 Å². The Morgan fingerprint density at radius 3 is 2.75 bits per heavy atom. The zero-order valence-corrected chi connectivity index (χ0v) is 13.4. The molecule has 4 aromatic rings. The minimum Gasteiger partial charge on any atom is -0.359 e. The highest BCUT2D eigenvalue weighted by Crippen LogP contribution is 2.22. The van der Waals surface area contributed by atoms with Crippen LogP contribution in [0.25, 0.3) is 16.7 Å². The molecule has 0 spiro atoms. The van der Waals surface area contributed by atoms with E-state index in [1.807, 2.05) is 48.7 Å². The van der Waals surface area contributed by atoms with E-state index in [1.54, 1.807) is 10.9 Å². The highest BCUT2D eigenvalue weighted by atomic mass is 35.5. The van der Waals surface area contributed by atoms with Crippen molar-refractivity contribution < 1.29 is 4.98 Å². The van der Waals surface area contributed by atoms with Gasteiger partial charge in [-0.2, -0.15) is 5.10 Å². The number of H-pyrrole nitrogens is 1. The lowest BCUT2D eigenvalue weighted by molar-refractivity contribution is -0.389. The molecule has 3 aromatic heterocycles. The lowest BCUT2D eigenvalue weighted by Gasteiger charge is -2.05. The number of aromatic amines is 1. The van der Waals surface area contributed by atoms with E-state index in [1.165, 1.54) is 6.33 Å². The van der Waals surface area contributed by atoms with Crippen LogP contribution in [-0.4, -0.2) is 19.7 Å². The third kappa shape index (κ3) is 2.79. The Hall–Kier alpha value is -2.99. The third-order valence-corrected chi connectivity index (χ3v) is 3.91. The standard InChI is InChI=1S/C17H13ClN6/c18-12-4-6-14(7-5-12)24-17-15(10-23-24)16(21-11-22-17)20-9-13-3-1-2-8-19-13/h1-8,10-11H,9H2,(H,20,21,22)/p+1. The number of hydrogen-bond donors (Lipinski definition) is 1. The molecule has 0 radical (unpaired) electrons. The van der Waals surface area contributed by atoms with Crippen LogP contribution in [0.5, 0.6) is 0 Å². The van der Waals surface area contributed by atoms with Crippen molar-refractivity contribution in [1.29, 1.82) is 0 Å². The fourth-order valence-corrected chi connectivity index (χ4v) is 2.60. The number of fused-ring (bicyclic) bond motifs is 1. The molecule has 3 heterocycles. The first-order chi connectivity index (χ1) is 11.8. The van der Waals surface area contributed by atoms with Gasteiger partial charge in [-0.3, -0.25) is 0 Å². The van der Waals surface area contributed by atoms with Crippen LogP contribution < -0.4 is 10.3 Å². The summed E-state index contributed by atoms with van der Waals surface area (Å²) in [4.78, 5) is 11.9. The zero-order chi connectivity index (χ0) is 16.4. The molecule has 0 aliphatic carbocycles. The number of anilines is 1. The molecular weight excluding hydrogens is 324 g/mol. The Labute approximate surface area is 143 Å². The molecule has 0 saturated carbocycles. The highest BCUT2D eigenvalue weighted by molar-refractivity contribution is 6.30. The summed E-state index contributed by atoms with van der Waals surface area (Å²) in [5, 5.41) is 9.31. The second kappa shape index (κ2) is 6.25. The van der Waals surface area contributed by atoms with Crippen molar-refractivity contribution in [3.8, 4) is 5.69 Å². The lowest BCUT2D eigenvalue weighted by atomic mass is 10.3. The van der Waals surface area contributed by atoms with Crippen molar-refractivity contribution in [2.24, 2.45) is 0 Å². The summed E-state index contributed by atoms with van der Waals surface area (Å²) in [6.45, 7) is 0.638. The summed E-state index contributed by atoms with van der Waals surface area (Å²) in [5.41, 5.74) is 2.71. The van der Waals surface area contributed by atoms with Crippen molar-refractivity contribution in [3.05, 3.63) is 71.9 Å². The topological polar surface area (TPSA) is 69.8 Å². The maximum Gasteiger partial charge on any atom is 0.198 e. The second-order valence-electron chi connectivity index (χ2n) is 5.23. The number of halogens is 1. The predicted octanol–water partition coefficient (Wildman–Crippen LogP) is 2.90. The van der Waals surface area contributed by atoms with Crippen LogP contribution in [0.15, 0.2) is 61.2 Å². The van der Waals surface area contributed by atoms with Gasteiger partial charge in [-0.15, -0.1) is 0 Å². The first kappa shape index (κ1) is 14.6. The van der Waals surface area contributed by atoms with Gasteiger partial charge in [-0.25, -0.2) is 19.6 Å². The molecule has 0 fully saturated rings. The van der Waals surface area contributed by atoms with Crippen molar-refractivity contribution in [3.63, 3.8) is 0 Å². The minimum absolute atomic E-state index is 0.638. The van der Waals surface area contributed by atoms with Gasteiger partial charge in [0.05, 0.1) is 17.3 Å². The van der Waals surface area contributed by atoms with E-state index < -0.39 is 0 Å². The van der Waals surface area contributed by atoms with E-state index >= 15 is 0 Å². The SMILES string of the molecule is Clc1ccc(-n2ncc3c(NCc4cccc[nH+]4)ncnc32)cc1. The molecule has 7 heteroatoms. The van der Waals surface area contributed by atoms with Gasteiger partial charge in [0.15, 0.2) is 17.5 Å². The fraction of sp³-hybridized carbons (Fsp3) is 0.0588. The molecule has 24 heavy (non-hydrogen) atoms. The fourth-order valence-electron chi connectivity index (χ4n) is 2.48. The molecule has 0 unspecified atom stereocenters. The van der Waals surface area contributed by atoms with Crippen molar-refractivity contribution in [2.75, 3.05) is 5.32 Å². The van der Waals surface area contributed by atoms with E-state index in [9.17, 15) is 0 Å². The molecule has 0 amide bonds. The summed E-state index contributed by atoms with van der Waals surface area (Å²) in [7, 11) is 0. The van der Waals surface area contributed by atoms with Crippen LogP contribution in [0.2, 0.25) is 5.02 Å². The van der Waals surface area contributed by atoms with Crippen molar-refractivity contribution in [1.82, 2.24) is 19.7 Å². The Balaban J connectivity index is 1.67. The quantitative estimate of drug-likeness (QED) is 0.621. The van der Waals surface area contributed by atoms with Gasteiger partial charge in [0, 0.05) is 17.2 Å². The number of pyridine rings is 1. The summed E-state index contributed by atoms with van der Waals surface area (Å²) in [5.74, 6) is 0.748. The van der Waals surface area contributed by atoms with Crippen LogP contribution >= 0.6 is 11.6 Å². The molecule has 0 aliphatic rings. The van der Waals surface area contributed by atoms with E-state index in [4.69, 9.17) is 11.6 Å². The average Bonchev–Trinajstić information content (AvgIpc) is 3.06. The Bertz CT molecular complexity index is 965. The maximum absolute atomic E-state index is 5.95. The number of nitrogens with zero attached hydrogens (tertiary/aromatic N) is 4. The van der Waals surface area contributed by atoms with Crippen LogP contribution in [0.1, 0.15) is 5.69 Å². The van der Waals surface area contributed by atoms with Crippen LogP contribution in [0, 0.1) is 0 Å². The van der Waals surface area contributed by atoms with Crippen molar-refractivity contribution >= 4 is 28.5 Å². The molecular formula is C17H14ClN6+. The van der Waals surface area contributed by atoms with Gasteiger partial charge in [-0.05, 0) is 24.3 Å². The number of benzene rings is 1. The summed E-state index contributed by atoms with van der Waals surface area (Å²) in [6, 6.07) is 13.4. The second-order valence-corrected chi connectivity index (χ2v) is 5.67. The normalized spacial score (nSPS) is 10.9. The monoisotopic (exact) mass is 337 g/mol. The predicted molar refractivity (Wildman–Crippen MR) is 92.0 cm³/mol.